The van der Waals surface area contributed by atoms with Crippen LogP contribution in [0.3, 0.4) is 0 Å². The van der Waals surface area contributed by atoms with Gasteiger partial charge in [0, 0.05) is 65.1 Å². The Hall–Kier alpha value is -5.98. The van der Waals surface area contributed by atoms with Crippen molar-refractivity contribution in [3.8, 4) is 0 Å². The van der Waals surface area contributed by atoms with Gasteiger partial charge in [0.05, 0.1) is 45.6 Å². The Morgan fingerprint density at radius 2 is 1.20 bits per heavy atom. The highest BCUT2D eigenvalue weighted by Gasteiger charge is 2.24. The maximum absolute atomic E-state index is 8.14. The Kier molecular flexibility index (Phi) is 4.95. The zero-order chi connectivity index (χ0) is 34.7. The van der Waals surface area contributed by atoms with Crippen molar-refractivity contribution in [3.63, 3.8) is 0 Å². The summed E-state index contributed by atoms with van der Waals surface area (Å²) in [6.45, 7) is -1.97. The van der Waals surface area contributed by atoms with Gasteiger partial charge in [0.2, 0.25) is 0 Å². The lowest BCUT2D eigenvalue weighted by atomic mass is 10.0. The Bertz CT molecular complexity index is 3110. The fraction of sp³-hybridized carbons (Fsp3) is 0.0465. The van der Waals surface area contributed by atoms with E-state index in [1.54, 1.807) is 11.8 Å². The number of para-hydroxylation sites is 5. The lowest BCUT2D eigenvalue weighted by molar-refractivity contribution is 0.948. The van der Waals surface area contributed by atoms with Crippen LogP contribution in [0.5, 0.6) is 0 Å². The van der Waals surface area contributed by atoms with E-state index in [2.05, 4.69) is 111 Å². The minimum atomic E-state index is -2.23. The molecule has 49 heavy (non-hydrogen) atoms. The van der Waals surface area contributed by atoms with Gasteiger partial charge in [0.1, 0.15) is 0 Å². The molecule has 1 aliphatic heterocycles. The second kappa shape index (κ2) is 10.0. The van der Waals surface area contributed by atoms with E-state index >= 15 is 0 Å². The second-order valence-corrected chi connectivity index (χ2v) is 13.8. The minimum absolute atomic E-state index is 0.261. The van der Waals surface area contributed by atoms with Crippen molar-refractivity contribution in [2.24, 2.45) is 0 Å². The number of pyridine rings is 1. The van der Waals surface area contributed by atoms with E-state index in [1.807, 2.05) is 48.7 Å². The fourth-order valence-corrected chi connectivity index (χ4v) is 8.96. The van der Waals surface area contributed by atoms with E-state index in [0.717, 1.165) is 54.6 Å². The first-order valence-corrected chi connectivity index (χ1v) is 17.2. The van der Waals surface area contributed by atoms with Gasteiger partial charge < -0.3 is 14.2 Å². The molecule has 0 bridgehead atoms. The summed E-state index contributed by atoms with van der Waals surface area (Å²) in [5, 5.41) is 7.20. The molecule has 6 aromatic carbocycles. The molecule has 0 radical (unpaired) electrons. The van der Waals surface area contributed by atoms with Crippen LogP contribution in [0.4, 0.5) is 17.1 Å². The van der Waals surface area contributed by atoms with E-state index in [9.17, 15) is 0 Å². The molecule has 0 atom stereocenters. The normalized spacial score (nSPS) is 14.5. The van der Waals surface area contributed by atoms with E-state index < -0.39 is 6.98 Å². The Morgan fingerprint density at radius 3 is 2.04 bits per heavy atom. The molecule has 0 amide bonds. The van der Waals surface area contributed by atoms with E-state index in [4.69, 9.17) is 9.10 Å². The highest BCUT2D eigenvalue weighted by Crippen LogP contribution is 2.43. The highest BCUT2D eigenvalue weighted by molar-refractivity contribution is 7.99. The van der Waals surface area contributed by atoms with Crippen LogP contribution in [0, 0.1) is 0 Å². The molecule has 10 aromatic rings. The molecule has 232 valence electrons. The van der Waals surface area contributed by atoms with Crippen LogP contribution in [0.15, 0.2) is 156 Å². The zero-order valence-corrected chi connectivity index (χ0v) is 27.0. The topological polar surface area (TPSA) is 28.2 Å². The standard InChI is InChI=1S/C43H29N5S/c1-45-26-46(38-19-5-4-18-37(38)45)27-10-6-11-28(24-27)49-29-21-22-31-33-14-8-16-35-34-15-7-13-32-30-12-2-3-17-36(30)47(41(32)34)39-20-9-23-44-43(39)48(42(33)35)40(31)25-29/h2-25H,26H2,1H3/i1D3. The highest BCUT2D eigenvalue weighted by atomic mass is 32.2. The lowest BCUT2D eigenvalue weighted by Gasteiger charge is -2.20. The van der Waals surface area contributed by atoms with Crippen molar-refractivity contribution in [2.45, 2.75) is 9.79 Å². The van der Waals surface area contributed by atoms with Crippen LogP contribution in [-0.2, 0) is 0 Å². The monoisotopic (exact) mass is 650 g/mol. The predicted molar refractivity (Wildman–Crippen MR) is 206 cm³/mol. The number of benzene rings is 6. The fourth-order valence-electron chi connectivity index (χ4n) is 8.05. The van der Waals surface area contributed by atoms with Crippen molar-refractivity contribution in [3.05, 3.63) is 146 Å². The van der Waals surface area contributed by atoms with Gasteiger partial charge in [0.15, 0.2) is 5.65 Å². The number of hydrogen-bond acceptors (Lipinski definition) is 4. The van der Waals surface area contributed by atoms with Crippen molar-refractivity contribution in [1.82, 2.24) is 13.8 Å². The second-order valence-electron chi connectivity index (χ2n) is 12.7. The van der Waals surface area contributed by atoms with Gasteiger partial charge in [0.25, 0.3) is 0 Å². The number of nitrogens with zero attached hydrogens (tertiary/aromatic N) is 5. The zero-order valence-electron chi connectivity index (χ0n) is 29.2. The summed E-state index contributed by atoms with van der Waals surface area (Å²) >= 11 is 1.70. The van der Waals surface area contributed by atoms with Crippen LogP contribution in [0.2, 0.25) is 0 Å². The van der Waals surface area contributed by atoms with Crippen molar-refractivity contribution < 1.29 is 4.11 Å². The van der Waals surface area contributed by atoms with Gasteiger partial charge in [-0.15, -0.1) is 0 Å². The third kappa shape index (κ3) is 3.75. The lowest BCUT2D eigenvalue weighted by Crippen LogP contribution is -2.23. The van der Waals surface area contributed by atoms with Crippen LogP contribution in [0.25, 0.3) is 65.5 Å². The first-order valence-electron chi connectivity index (χ1n) is 17.9. The van der Waals surface area contributed by atoms with E-state index in [-0.39, 0.29) is 6.67 Å². The molecule has 5 heterocycles. The molecule has 0 fully saturated rings. The van der Waals surface area contributed by atoms with E-state index in [1.165, 1.54) is 42.7 Å². The third-order valence-corrected chi connectivity index (χ3v) is 11.1. The van der Waals surface area contributed by atoms with Crippen molar-refractivity contribution in [2.75, 3.05) is 23.4 Å². The maximum atomic E-state index is 8.14. The summed E-state index contributed by atoms with van der Waals surface area (Å²) in [6.07, 6.45) is 1.89. The Labute approximate surface area is 290 Å². The van der Waals surface area contributed by atoms with Crippen LogP contribution >= 0.6 is 11.8 Å². The number of rotatable bonds is 3. The summed E-state index contributed by atoms with van der Waals surface area (Å²) in [5.41, 5.74) is 9.09. The molecular weight excluding hydrogens is 619 g/mol. The van der Waals surface area contributed by atoms with Gasteiger partial charge in [-0.3, -0.25) is 4.40 Å². The molecule has 0 N–H and O–H groups in total. The summed E-state index contributed by atoms with van der Waals surface area (Å²) in [4.78, 5) is 10.9. The van der Waals surface area contributed by atoms with Gasteiger partial charge in [-0.25, -0.2) is 4.98 Å². The van der Waals surface area contributed by atoms with Crippen LogP contribution < -0.4 is 9.80 Å². The first-order chi connectivity index (χ1) is 25.4. The van der Waals surface area contributed by atoms with Crippen LogP contribution in [-0.4, -0.2) is 27.4 Å². The van der Waals surface area contributed by atoms with Gasteiger partial charge in [-0.1, -0.05) is 90.6 Å². The third-order valence-electron chi connectivity index (χ3n) is 10.1. The van der Waals surface area contributed by atoms with Crippen LogP contribution in [0.1, 0.15) is 4.11 Å². The molecule has 0 unspecified atom stereocenters. The smallest absolute Gasteiger partial charge is 0.162 e. The molecular formula is C43H29N5S. The molecule has 11 rings (SSSR count). The molecule has 5 nitrogen and oxygen atoms in total. The summed E-state index contributed by atoms with van der Waals surface area (Å²) in [5.74, 6) is 0. The molecule has 0 saturated carbocycles. The summed E-state index contributed by atoms with van der Waals surface area (Å²) in [6, 6.07) is 49.0. The van der Waals surface area contributed by atoms with E-state index in [0.29, 0.717) is 0 Å². The summed E-state index contributed by atoms with van der Waals surface area (Å²) in [7, 11) is 0. The molecule has 6 heteroatoms. The number of fused-ring (bicyclic) bond motifs is 11. The van der Waals surface area contributed by atoms with Crippen molar-refractivity contribution in [1.29, 1.82) is 0 Å². The maximum Gasteiger partial charge on any atom is 0.162 e. The Morgan fingerprint density at radius 1 is 0.551 bits per heavy atom. The predicted octanol–water partition coefficient (Wildman–Crippen LogP) is 11.0. The van der Waals surface area contributed by atoms with Gasteiger partial charge in [-0.05, 0) is 60.7 Å². The van der Waals surface area contributed by atoms with Gasteiger partial charge in [-0.2, -0.15) is 0 Å². The average Bonchev–Trinajstić information content (AvgIpc) is 3.83. The molecule has 1 aliphatic rings. The first kappa shape index (κ1) is 24.2. The largest absolute Gasteiger partial charge is 0.355 e. The summed E-state index contributed by atoms with van der Waals surface area (Å²) < 4.78 is 29.2. The SMILES string of the molecule is [2H]C([2H])([2H])N1CN(c2cccc(Sc3ccc4c5cccc6c7cccc8c9ccccc9n(c9cccnc9n(c4c3)c56)c87)c2)c2ccccc21. The minimum Gasteiger partial charge on any atom is -0.355 e. The number of aromatic nitrogens is 3. The number of anilines is 3. The van der Waals surface area contributed by atoms with Gasteiger partial charge >= 0.3 is 0 Å². The molecule has 0 saturated heterocycles. The molecule has 0 spiro atoms. The number of hydrogen-bond donors (Lipinski definition) is 0. The molecule has 0 aliphatic carbocycles. The molecule has 4 aromatic heterocycles. The quantitative estimate of drug-likeness (QED) is 0.190. The Balaban J connectivity index is 1.13. The van der Waals surface area contributed by atoms with Crippen molar-refractivity contribution >= 4 is 94.4 Å². The average molecular weight is 651 g/mol.